The molecule has 1 aliphatic carbocycles. The van der Waals surface area contributed by atoms with Crippen molar-refractivity contribution in [3.05, 3.63) is 57.0 Å². The molecular formula is C20H21N3O2S2. The van der Waals surface area contributed by atoms with Gasteiger partial charge in [0, 0.05) is 10.6 Å². The number of aromatic nitrogens is 2. The van der Waals surface area contributed by atoms with Gasteiger partial charge in [-0.2, -0.15) is 0 Å². The molecule has 1 atom stereocenters. The third-order valence-corrected chi connectivity index (χ3v) is 6.84. The molecule has 1 amide bonds. The Bertz CT molecular complexity index is 1030. The van der Waals surface area contributed by atoms with Crippen LogP contribution in [-0.4, -0.2) is 21.6 Å². The van der Waals surface area contributed by atoms with Gasteiger partial charge in [-0.05, 0) is 42.9 Å². The van der Waals surface area contributed by atoms with Gasteiger partial charge in [0.15, 0.2) is 0 Å². The lowest BCUT2D eigenvalue weighted by molar-refractivity contribution is -0.113. The number of H-pyrrole nitrogens is 1. The summed E-state index contributed by atoms with van der Waals surface area (Å²) < 4.78 is 0. The fraction of sp³-hybridized carbons (Fsp3) is 0.350. The van der Waals surface area contributed by atoms with E-state index in [9.17, 15) is 9.59 Å². The Morgan fingerprint density at radius 2 is 2.19 bits per heavy atom. The minimum atomic E-state index is -0.0600. The first kappa shape index (κ1) is 18.3. The summed E-state index contributed by atoms with van der Waals surface area (Å²) in [6, 6.07) is 9.39. The summed E-state index contributed by atoms with van der Waals surface area (Å²) in [5.74, 6) is 2.07. The first-order valence-electron chi connectivity index (χ1n) is 9.06. The number of nitrogens with one attached hydrogen (secondary N) is 2. The monoisotopic (exact) mass is 399 g/mol. The third kappa shape index (κ3) is 4.09. The summed E-state index contributed by atoms with van der Waals surface area (Å²) in [6.07, 6.45) is 3.14. The zero-order valence-electron chi connectivity index (χ0n) is 15.1. The number of fused-ring (bicyclic) bond motifs is 3. The first-order chi connectivity index (χ1) is 13.1. The normalized spacial score (nSPS) is 16.3. The Balaban J connectivity index is 1.42. The molecule has 27 heavy (non-hydrogen) atoms. The van der Waals surface area contributed by atoms with Gasteiger partial charge in [0.2, 0.25) is 5.91 Å². The molecule has 0 aliphatic heterocycles. The lowest BCUT2D eigenvalue weighted by Crippen LogP contribution is -2.16. The molecule has 2 N–H and O–H groups in total. The number of aromatic amines is 1. The summed E-state index contributed by atoms with van der Waals surface area (Å²) >= 11 is 3.10. The van der Waals surface area contributed by atoms with Gasteiger partial charge in [-0.3, -0.25) is 9.59 Å². The number of hydrogen-bond acceptors (Lipinski definition) is 5. The number of nitrogens with zero attached hydrogens (tertiary/aromatic N) is 1. The number of thiophene rings is 1. The molecule has 7 heteroatoms. The van der Waals surface area contributed by atoms with Crippen molar-refractivity contribution in [3.63, 3.8) is 0 Å². The predicted octanol–water partition coefficient (Wildman–Crippen LogP) is 3.98. The Labute approximate surface area is 165 Å². The van der Waals surface area contributed by atoms with E-state index in [4.69, 9.17) is 0 Å². The highest BCUT2D eigenvalue weighted by atomic mass is 32.2. The molecule has 5 nitrogen and oxygen atoms in total. The molecule has 0 saturated carbocycles. The zero-order chi connectivity index (χ0) is 18.8. The minimum Gasteiger partial charge on any atom is -0.325 e. The summed E-state index contributed by atoms with van der Waals surface area (Å²) in [6.45, 7) is 2.26. The van der Waals surface area contributed by atoms with Gasteiger partial charge in [0.1, 0.15) is 10.7 Å². The molecule has 140 valence electrons. The molecule has 0 fully saturated rings. The van der Waals surface area contributed by atoms with E-state index in [0.717, 1.165) is 35.2 Å². The van der Waals surface area contributed by atoms with Crippen LogP contribution >= 0.6 is 23.1 Å². The summed E-state index contributed by atoms with van der Waals surface area (Å²) in [5.41, 5.74) is 1.94. The van der Waals surface area contributed by atoms with Crippen LogP contribution in [0, 0.1) is 5.92 Å². The van der Waals surface area contributed by atoms with Crippen molar-refractivity contribution in [2.24, 2.45) is 5.92 Å². The van der Waals surface area contributed by atoms with E-state index < -0.39 is 0 Å². The number of benzene rings is 1. The quantitative estimate of drug-likeness (QED) is 0.680. The minimum absolute atomic E-state index is 0.0450. The van der Waals surface area contributed by atoms with E-state index in [-0.39, 0.29) is 11.5 Å². The molecule has 0 bridgehead atoms. The second kappa shape index (κ2) is 7.86. The number of carbonyl (C=O) groups is 1. The van der Waals surface area contributed by atoms with Crippen molar-refractivity contribution in [2.75, 3.05) is 11.1 Å². The third-order valence-electron chi connectivity index (χ3n) is 4.74. The van der Waals surface area contributed by atoms with Crippen molar-refractivity contribution in [2.45, 2.75) is 31.9 Å². The topological polar surface area (TPSA) is 74.8 Å². The van der Waals surface area contributed by atoms with Crippen molar-refractivity contribution >= 4 is 44.9 Å². The SMILES string of the molecule is C[C@@H]1CCc2c(sc3nc(CSCC(=O)Nc4ccccc4)[nH]c(=O)c23)C1. The lowest BCUT2D eigenvalue weighted by atomic mass is 9.89. The van der Waals surface area contributed by atoms with Crippen LogP contribution in [0.2, 0.25) is 0 Å². The summed E-state index contributed by atoms with van der Waals surface area (Å²) in [7, 11) is 0. The van der Waals surface area contributed by atoms with E-state index in [1.54, 1.807) is 11.3 Å². The maximum absolute atomic E-state index is 12.6. The largest absolute Gasteiger partial charge is 0.325 e. The first-order valence-corrected chi connectivity index (χ1v) is 11.0. The Morgan fingerprint density at radius 3 is 3.00 bits per heavy atom. The van der Waals surface area contributed by atoms with Crippen LogP contribution in [-0.2, 0) is 23.4 Å². The van der Waals surface area contributed by atoms with Crippen molar-refractivity contribution in [1.29, 1.82) is 0 Å². The van der Waals surface area contributed by atoms with Gasteiger partial charge in [0.25, 0.3) is 5.56 Å². The number of aryl methyl sites for hydroxylation is 1. The Morgan fingerprint density at radius 1 is 1.37 bits per heavy atom. The van der Waals surface area contributed by atoms with Crippen LogP contribution in [0.1, 0.15) is 29.6 Å². The van der Waals surface area contributed by atoms with Gasteiger partial charge in [-0.1, -0.05) is 25.1 Å². The highest BCUT2D eigenvalue weighted by Gasteiger charge is 2.23. The molecule has 2 aromatic heterocycles. The molecule has 1 aromatic carbocycles. The average Bonchev–Trinajstić information content (AvgIpc) is 3.00. The highest BCUT2D eigenvalue weighted by molar-refractivity contribution is 7.99. The predicted molar refractivity (Wildman–Crippen MR) is 113 cm³/mol. The fourth-order valence-electron chi connectivity index (χ4n) is 3.42. The van der Waals surface area contributed by atoms with Crippen LogP contribution in [0.3, 0.4) is 0 Å². The number of anilines is 1. The molecule has 0 saturated heterocycles. The second-order valence-electron chi connectivity index (χ2n) is 6.95. The molecule has 1 aliphatic rings. The van der Waals surface area contributed by atoms with Crippen LogP contribution in [0.4, 0.5) is 5.69 Å². The smallest absolute Gasteiger partial charge is 0.259 e. The van der Waals surface area contributed by atoms with Gasteiger partial charge >= 0.3 is 0 Å². The Hall–Kier alpha value is -2.12. The number of amides is 1. The maximum atomic E-state index is 12.6. The number of carbonyl (C=O) groups excluding carboxylic acids is 1. The molecule has 2 heterocycles. The van der Waals surface area contributed by atoms with Crippen molar-refractivity contribution < 1.29 is 4.79 Å². The second-order valence-corrected chi connectivity index (χ2v) is 9.02. The van der Waals surface area contributed by atoms with Gasteiger partial charge in [0.05, 0.1) is 16.9 Å². The molecule has 4 rings (SSSR count). The zero-order valence-corrected chi connectivity index (χ0v) is 16.7. The van der Waals surface area contributed by atoms with Gasteiger partial charge in [-0.25, -0.2) is 4.98 Å². The van der Waals surface area contributed by atoms with E-state index in [1.807, 2.05) is 30.3 Å². The van der Waals surface area contributed by atoms with Gasteiger partial charge < -0.3 is 10.3 Å². The standard InChI is InChI=1S/C20H21N3O2S2/c1-12-7-8-14-15(9-12)27-20-18(14)19(25)22-16(23-20)10-26-11-17(24)21-13-5-3-2-4-6-13/h2-6,12H,7-11H2,1H3,(H,21,24)(H,22,23,25)/t12-/m1/s1. The van der Waals surface area contributed by atoms with Gasteiger partial charge in [-0.15, -0.1) is 23.1 Å². The summed E-state index contributed by atoms with van der Waals surface area (Å²) in [4.78, 5) is 34.3. The van der Waals surface area contributed by atoms with Crippen LogP contribution < -0.4 is 10.9 Å². The molecule has 0 spiro atoms. The molecule has 0 unspecified atom stereocenters. The van der Waals surface area contributed by atoms with Crippen LogP contribution in [0.25, 0.3) is 10.2 Å². The van der Waals surface area contributed by atoms with Crippen LogP contribution in [0.5, 0.6) is 0 Å². The molecule has 0 radical (unpaired) electrons. The highest BCUT2D eigenvalue weighted by Crippen LogP contribution is 2.35. The molecule has 3 aromatic rings. The van der Waals surface area contributed by atoms with Crippen molar-refractivity contribution in [3.8, 4) is 0 Å². The maximum Gasteiger partial charge on any atom is 0.259 e. The number of thioether (sulfide) groups is 1. The fourth-order valence-corrected chi connectivity index (χ4v) is 5.51. The number of rotatable bonds is 5. The van der Waals surface area contributed by atoms with E-state index in [1.165, 1.54) is 22.2 Å². The summed E-state index contributed by atoms with van der Waals surface area (Å²) in [5, 5.41) is 3.63. The Kier molecular flexibility index (Phi) is 5.31. The average molecular weight is 400 g/mol. The molecular weight excluding hydrogens is 378 g/mol. The number of hydrogen-bond donors (Lipinski definition) is 2. The van der Waals surface area contributed by atoms with E-state index in [0.29, 0.717) is 23.2 Å². The lowest BCUT2D eigenvalue weighted by Gasteiger charge is -2.17. The van der Waals surface area contributed by atoms with E-state index >= 15 is 0 Å². The van der Waals surface area contributed by atoms with Crippen molar-refractivity contribution in [1.82, 2.24) is 9.97 Å². The van der Waals surface area contributed by atoms with Crippen LogP contribution in [0.15, 0.2) is 35.1 Å². The van der Waals surface area contributed by atoms with E-state index in [2.05, 4.69) is 22.2 Å². The number of para-hydroxylation sites is 1.